The van der Waals surface area contributed by atoms with Gasteiger partial charge >= 0.3 is 0 Å². The first kappa shape index (κ1) is 16.4. The minimum absolute atomic E-state index is 0.168. The number of hydrogen-bond acceptors (Lipinski definition) is 6. The molecule has 0 spiro atoms. The van der Waals surface area contributed by atoms with Crippen LogP contribution in [0.15, 0.2) is 12.3 Å². The number of hydrogen-bond donors (Lipinski definition) is 2. The summed E-state index contributed by atoms with van der Waals surface area (Å²) in [6, 6.07) is 1.72. The van der Waals surface area contributed by atoms with E-state index in [4.69, 9.17) is 5.73 Å². The molecular formula is C16H20N6OS. The lowest BCUT2D eigenvalue weighted by molar-refractivity contribution is 0.0954. The average Bonchev–Trinajstić information content (AvgIpc) is 3.04. The fourth-order valence-corrected chi connectivity index (χ4v) is 3.43. The zero-order valence-corrected chi connectivity index (χ0v) is 14.8. The fourth-order valence-electron chi connectivity index (χ4n) is 2.50. The first-order valence-electron chi connectivity index (χ1n) is 7.82. The Morgan fingerprint density at radius 2 is 2.17 bits per heavy atom. The molecule has 126 valence electrons. The van der Waals surface area contributed by atoms with E-state index in [0.717, 1.165) is 17.1 Å². The van der Waals surface area contributed by atoms with Gasteiger partial charge in [-0.15, -0.1) is 11.3 Å². The van der Waals surface area contributed by atoms with Gasteiger partial charge in [-0.1, -0.05) is 0 Å². The van der Waals surface area contributed by atoms with Gasteiger partial charge in [0.1, 0.15) is 5.52 Å². The number of aryl methyl sites for hydroxylation is 3. The second-order valence-corrected chi connectivity index (χ2v) is 6.82. The molecule has 0 fully saturated rings. The Labute approximate surface area is 143 Å². The third kappa shape index (κ3) is 3.09. The Bertz CT molecular complexity index is 878. The molecule has 0 aromatic carbocycles. The highest BCUT2D eigenvalue weighted by Gasteiger charge is 2.12. The van der Waals surface area contributed by atoms with Gasteiger partial charge in [0.05, 0.1) is 16.3 Å². The second kappa shape index (κ2) is 6.56. The number of amides is 1. The summed E-state index contributed by atoms with van der Waals surface area (Å²) in [6.07, 6.45) is 2.28. The molecule has 3 aromatic rings. The second-order valence-electron chi connectivity index (χ2n) is 5.54. The number of nitrogens with two attached hydrogens (primary N) is 1. The zero-order valence-electron chi connectivity index (χ0n) is 14.0. The minimum atomic E-state index is -0.168. The van der Waals surface area contributed by atoms with E-state index < -0.39 is 0 Å². The van der Waals surface area contributed by atoms with Crippen LogP contribution in [0.25, 0.3) is 11.2 Å². The number of nitrogens with one attached hydrogen (secondary N) is 1. The third-order valence-corrected chi connectivity index (χ3v) is 5.02. The summed E-state index contributed by atoms with van der Waals surface area (Å²) in [5, 5.41) is 3.93. The van der Waals surface area contributed by atoms with E-state index in [9.17, 15) is 4.79 Å². The predicted octanol–water partition coefficient (Wildman–Crippen LogP) is 2.08. The van der Waals surface area contributed by atoms with Crippen LogP contribution in [0.2, 0.25) is 0 Å². The van der Waals surface area contributed by atoms with Crippen LogP contribution in [-0.4, -0.2) is 32.0 Å². The Morgan fingerprint density at radius 3 is 2.83 bits per heavy atom. The number of carbonyl (C=O) groups excluding carboxylic acids is 1. The van der Waals surface area contributed by atoms with Crippen LogP contribution in [-0.2, 0) is 13.0 Å². The molecule has 0 aliphatic carbocycles. The number of carbonyl (C=O) groups is 1. The molecule has 0 radical (unpaired) electrons. The third-order valence-electron chi connectivity index (χ3n) is 3.89. The van der Waals surface area contributed by atoms with E-state index in [1.807, 2.05) is 18.4 Å². The molecule has 0 bridgehead atoms. The van der Waals surface area contributed by atoms with Crippen LogP contribution in [0.3, 0.4) is 0 Å². The SMILES string of the molecule is CCn1c(N)nc2cc(C(=O)NCCc3nc(C)c(C)s3)cnc21. The molecule has 3 rings (SSSR count). The van der Waals surface area contributed by atoms with E-state index in [-0.39, 0.29) is 5.91 Å². The number of imidazole rings is 1. The van der Waals surface area contributed by atoms with E-state index >= 15 is 0 Å². The molecule has 3 heterocycles. The van der Waals surface area contributed by atoms with Crippen molar-refractivity contribution in [2.24, 2.45) is 0 Å². The van der Waals surface area contributed by atoms with Crippen LogP contribution in [0.1, 0.15) is 32.9 Å². The molecule has 24 heavy (non-hydrogen) atoms. The number of thiazole rings is 1. The van der Waals surface area contributed by atoms with Gasteiger partial charge in [0, 0.05) is 30.6 Å². The van der Waals surface area contributed by atoms with Crippen molar-refractivity contribution < 1.29 is 4.79 Å². The molecule has 8 heteroatoms. The van der Waals surface area contributed by atoms with Gasteiger partial charge in [0.2, 0.25) is 5.95 Å². The van der Waals surface area contributed by atoms with E-state index in [1.165, 1.54) is 4.88 Å². The topological polar surface area (TPSA) is 98.7 Å². The lowest BCUT2D eigenvalue weighted by Gasteiger charge is -2.04. The van der Waals surface area contributed by atoms with Crippen LogP contribution < -0.4 is 11.1 Å². The monoisotopic (exact) mass is 344 g/mol. The Hall–Kier alpha value is -2.48. The zero-order chi connectivity index (χ0) is 17.3. The molecule has 3 N–H and O–H groups in total. The molecule has 0 aliphatic heterocycles. The Morgan fingerprint density at radius 1 is 1.38 bits per heavy atom. The van der Waals surface area contributed by atoms with Crippen LogP contribution >= 0.6 is 11.3 Å². The van der Waals surface area contributed by atoms with Crippen molar-refractivity contribution in [2.45, 2.75) is 33.7 Å². The number of pyridine rings is 1. The Kier molecular flexibility index (Phi) is 4.48. The highest BCUT2D eigenvalue weighted by molar-refractivity contribution is 7.11. The van der Waals surface area contributed by atoms with Crippen LogP contribution in [0.5, 0.6) is 0 Å². The summed E-state index contributed by atoms with van der Waals surface area (Å²) in [4.78, 5) is 26.5. The largest absolute Gasteiger partial charge is 0.369 e. The summed E-state index contributed by atoms with van der Waals surface area (Å²) in [7, 11) is 0. The molecular weight excluding hydrogens is 324 g/mol. The standard InChI is InChI=1S/C16H20N6OS/c1-4-22-14-12(21-16(22)17)7-11(8-19-14)15(23)18-6-5-13-20-9(2)10(3)24-13/h7-8H,4-6H2,1-3H3,(H2,17,21)(H,18,23). The van der Waals surface area contributed by atoms with Crippen molar-refractivity contribution in [3.63, 3.8) is 0 Å². The van der Waals surface area contributed by atoms with Crippen molar-refractivity contribution in [1.29, 1.82) is 0 Å². The minimum Gasteiger partial charge on any atom is -0.369 e. The summed E-state index contributed by atoms with van der Waals surface area (Å²) >= 11 is 1.67. The quantitative estimate of drug-likeness (QED) is 0.738. The summed E-state index contributed by atoms with van der Waals surface area (Å²) < 4.78 is 1.81. The maximum Gasteiger partial charge on any atom is 0.252 e. The summed E-state index contributed by atoms with van der Waals surface area (Å²) in [5.74, 6) is 0.242. The van der Waals surface area contributed by atoms with Gasteiger partial charge in [-0.05, 0) is 26.8 Å². The van der Waals surface area contributed by atoms with Gasteiger partial charge in [0.25, 0.3) is 5.91 Å². The Balaban J connectivity index is 1.67. The van der Waals surface area contributed by atoms with Crippen molar-refractivity contribution in [3.05, 3.63) is 33.4 Å². The van der Waals surface area contributed by atoms with Gasteiger partial charge in [-0.2, -0.15) is 0 Å². The predicted molar refractivity (Wildman–Crippen MR) is 95.2 cm³/mol. The summed E-state index contributed by atoms with van der Waals surface area (Å²) in [5.41, 5.74) is 8.72. The van der Waals surface area contributed by atoms with Crippen molar-refractivity contribution in [1.82, 2.24) is 24.8 Å². The first-order chi connectivity index (χ1) is 11.5. The maximum absolute atomic E-state index is 12.3. The van der Waals surface area contributed by atoms with Crippen LogP contribution in [0.4, 0.5) is 5.95 Å². The van der Waals surface area contributed by atoms with Gasteiger partial charge < -0.3 is 11.1 Å². The van der Waals surface area contributed by atoms with Crippen molar-refractivity contribution in [3.8, 4) is 0 Å². The normalized spacial score (nSPS) is 11.1. The van der Waals surface area contributed by atoms with E-state index in [1.54, 1.807) is 23.6 Å². The number of anilines is 1. The number of rotatable bonds is 5. The molecule has 0 atom stereocenters. The van der Waals surface area contributed by atoms with E-state index in [0.29, 0.717) is 35.8 Å². The molecule has 0 aliphatic rings. The van der Waals surface area contributed by atoms with Gasteiger partial charge in [-0.3, -0.25) is 9.36 Å². The highest BCUT2D eigenvalue weighted by atomic mass is 32.1. The van der Waals surface area contributed by atoms with E-state index in [2.05, 4.69) is 27.2 Å². The fraction of sp³-hybridized carbons (Fsp3) is 0.375. The molecule has 3 aromatic heterocycles. The van der Waals surface area contributed by atoms with Gasteiger partial charge in [-0.25, -0.2) is 15.0 Å². The molecule has 0 saturated carbocycles. The van der Waals surface area contributed by atoms with Crippen molar-refractivity contribution in [2.75, 3.05) is 12.3 Å². The average molecular weight is 344 g/mol. The molecule has 0 saturated heterocycles. The number of nitrogens with zero attached hydrogens (tertiary/aromatic N) is 4. The maximum atomic E-state index is 12.3. The smallest absolute Gasteiger partial charge is 0.252 e. The number of fused-ring (bicyclic) bond motifs is 1. The molecule has 1 amide bonds. The molecule has 0 unspecified atom stereocenters. The van der Waals surface area contributed by atoms with Crippen LogP contribution in [0, 0.1) is 13.8 Å². The lowest BCUT2D eigenvalue weighted by atomic mass is 10.2. The number of aromatic nitrogens is 4. The van der Waals surface area contributed by atoms with Crippen molar-refractivity contribution >= 4 is 34.4 Å². The first-order valence-corrected chi connectivity index (χ1v) is 8.64. The van der Waals surface area contributed by atoms with Gasteiger partial charge in [0.15, 0.2) is 5.65 Å². The summed E-state index contributed by atoms with van der Waals surface area (Å²) in [6.45, 7) is 7.25. The molecule has 7 nitrogen and oxygen atoms in total. The number of nitrogen functional groups attached to an aromatic ring is 1. The lowest BCUT2D eigenvalue weighted by Crippen LogP contribution is -2.25. The highest BCUT2D eigenvalue weighted by Crippen LogP contribution is 2.17.